The summed E-state index contributed by atoms with van der Waals surface area (Å²) in [4.78, 5) is 17.4. The molecule has 7 nitrogen and oxygen atoms in total. The summed E-state index contributed by atoms with van der Waals surface area (Å²) in [6.07, 6.45) is 9.22. The van der Waals surface area contributed by atoms with Crippen molar-refractivity contribution >= 4 is 11.8 Å². The first-order valence-corrected chi connectivity index (χ1v) is 8.12. The number of nitrogens with one attached hydrogen (secondary N) is 3. The van der Waals surface area contributed by atoms with Gasteiger partial charge in [-0.1, -0.05) is 0 Å². The zero-order valence-electron chi connectivity index (χ0n) is 12.6. The molecule has 0 unspecified atom stereocenters. The molecule has 8 heteroatoms. The van der Waals surface area contributed by atoms with Crippen LogP contribution in [0.1, 0.15) is 24.2 Å². The zero-order chi connectivity index (χ0) is 16.2. The molecule has 1 heterocycles. The summed E-state index contributed by atoms with van der Waals surface area (Å²) in [5, 5.41) is 16.6. The Bertz CT molecular complexity index is 536. The molecule has 0 aliphatic heterocycles. The maximum atomic E-state index is 10.6. The lowest BCUT2D eigenvalue weighted by Crippen LogP contribution is -2.29. The van der Waals surface area contributed by atoms with E-state index in [1.54, 1.807) is 18.1 Å². The molecule has 0 spiro atoms. The van der Waals surface area contributed by atoms with Gasteiger partial charge in [-0.3, -0.25) is 10.1 Å². The summed E-state index contributed by atoms with van der Waals surface area (Å²) in [7, 11) is 0. The lowest BCUT2D eigenvalue weighted by atomic mass is 10.3. The molecular weight excluding hydrogens is 302 g/mol. The minimum Gasteiger partial charge on any atom is -0.367 e. The van der Waals surface area contributed by atoms with Crippen molar-refractivity contribution in [2.45, 2.75) is 25.5 Å². The molecule has 0 fully saturated rings. The Morgan fingerprint density at radius 2 is 2.36 bits per heavy atom. The monoisotopic (exact) mass is 323 g/mol. The van der Waals surface area contributed by atoms with E-state index in [0.29, 0.717) is 25.3 Å². The van der Waals surface area contributed by atoms with Crippen molar-refractivity contribution in [3.63, 3.8) is 0 Å². The Labute approximate surface area is 134 Å². The minimum absolute atomic E-state index is 0.415. The largest absolute Gasteiger partial charge is 0.367 e. The van der Waals surface area contributed by atoms with Gasteiger partial charge in [-0.15, -0.1) is 12.3 Å². The fraction of sp³-hybridized carbons (Fsp3) is 0.500. The standard InChI is InChI=1S/C14H21N5O2S/c1-3-4-5-6-15-14(9-19(20)21)16-7-8-22-10-13-12(2)17-11-18-13/h1,9,11,15-16H,4-8,10H2,2H3,(H,17,18). The molecule has 0 bridgehead atoms. The second-order valence-electron chi connectivity index (χ2n) is 4.52. The Hall–Kier alpha value is -2.14. The summed E-state index contributed by atoms with van der Waals surface area (Å²) in [5.41, 5.74) is 2.11. The molecule has 0 saturated carbocycles. The molecule has 0 aliphatic rings. The molecule has 22 heavy (non-hydrogen) atoms. The minimum atomic E-state index is -0.475. The van der Waals surface area contributed by atoms with Crippen LogP contribution in [0.4, 0.5) is 0 Å². The predicted octanol–water partition coefficient (Wildman–Crippen LogP) is 1.62. The van der Waals surface area contributed by atoms with Crippen LogP contribution in [0.5, 0.6) is 0 Å². The zero-order valence-corrected chi connectivity index (χ0v) is 13.4. The van der Waals surface area contributed by atoms with Crippen molar-refractivity contribution in [2.24, 2.45) is 0 Å². The van der Waals surface area contributed by atoms with Crippen molar-refractivity contribution < 1.29 is 4.92 Å². The molecular formula is C14H21N5O2S. The van der Waals surface area contributed by atoms with Gasteiger partial charge in [-0.2, -0.15) is 11.8 Å². The van der Waals surface area contributed by atoms with Crippen molar-refractivity contribution in [1.29, 1.82) is 0 Å². The van der Waals surface area contributed by atoms with Crippen LogP contribution in [0.2, 0.25) is 0 Å². The Balaban J connectivity index is 2.24. The fourth-order valence-corrected chi connectivity index (χ4v) is 2.51. The highest BCUT2D eigenvalue weighted by Gasteiger charge is 2.03. The van der Waals surface area contributed by atoms with Gasteiger partial charge >= 0.3 is 0 Å². The van der Waals surface area contributed by atoms with Gasteiger partial charge in [0.15, 0.2) is 5.82 Å². The number of aromatic amines is 1. The number of aromatic nitrogens is 2. The van der Waals surface area contributed by atoms with Gasteiger partial charge in [0.25, 0.3) is 6.20 Å². The number of nitro groups is 1. The maximum Gasteiger partial charge on any atom is 0.274 e. The van der Waals surface area contributed by atoms with Gasteiger partial charge in [-0.05, 0) is 13.3 Å². The highest BCUT2D eigenvalue weighted by atomic mass is 32.2. The van der Waals surface area contributed by atoms with E-state index in [9.17, 15) is 10.1 Å². The predicted molar refractivity (Wildman–Crippen MR) is 88.6 cm³/mol. The van der Waals surface area contributed by atoms with Gasteiger partial charge in [0, 0.05) is 36.7 Å². The SMILES string of the molecule is C#CCCCNC(=C[N+](=O)[O-])NCCSCc1nc[nH]c1C. The quantitative estimate of drug-likeness (QED) is 0.248. The second-order valence-corrected chi connectivity index (χ2v) is 5.62. The van der Waals surface area contributed by atoms with Crippen LogP contribution in [0.25, 0.3) is 0 Å². The van der Waals surface area contributed by atoms with Gasteiger partial charge in [-0.25, -0.2) is 4.98 Å². The highest BCUT2D eigenvalue weighted by Crippen LogP contribution is 2.11. The van der Waals surface area contributed by atoms with Crippen LogP contribution in [0.15, 0.2) is 18.3 Å². The van der Waals surface area contributed by atoms with E-state index >= 15 is 0 Å². The molecule has 1 rings (SSSR count). The molecule has 3 N–H and O–H groups in total. The lowest BCUT2D eigenvalue weighted by molar-refractivity contribution is -0.404. The summed E-state index contributed by atoms with van der Waals surface area (Å²) < 4.78 is 0. The number of nitrogens with zero attached hydrogens (tertiary/aromatic N) is 2. The Morgan fingerprint density at radius 3 is 3.00 bits per heavy atom. The molecule has 1 aromatic heterocycles. The average Bonchev–Trinajstić information content (AvgIpc) is 2.88. The highest BCUT2D eigenvalue weighted by molar-refractivity contribution is 7.98. The van der Waals surface area contributed by atoms with Crippen molar-refractivity contribution in [1.82, 2.24) is 20.6 Å². The van der Waals surface area contributed by atoms with E-state index in [4.69, 9.17) is 6.42 Å². The number of terminal acetylenes is 1. The molecule has 0 saturated heterocycles. The molecule has 0 radical (unpaired) electrons. The van der Waals surface area contributed by atoms with Crippen LogP contribution in [0.3, 0.4) is 0 Å². The van der Waals surface area contributed by atoms with Crippen LogP contribution < -0.4 is 10.6 Å². The number of imidazole rings is 1. The number of H-pyrrole nitrogens is 1. The molecule has 1 aromatic rings. The number of unbranched alkanes of at least 4 members (excludes halogenated alkanes) is 1. The van der Waals surface area contributed by atoms with Gasteiger partial charge in [0.1, 0.15) is 0 Å². The molecule has 0 aromatic carbocycles. The summed E-state index contributed by atoms with van der Waals surface area (Å²) >= 11 is 1.72. The van der Waals surface area contributed by atoms with E-state index in [-0.39, 0.29) is 0 Å². The number of hydrogen-bond acceptors (Lipinski definition) is 6. The van der Waals surface area contributed by atoms with Crippen molar-refractivity contribution in [3.8, 4) is 12.3 Å². The number of thioether (sulfide) groups is 1. The first kappa shape index (κ1) is 17.9. The third-order valence-electron chi connectivity index (χ3n) is 2.78. The van der Waals surface area contributed by atoms with Crippen LogP contribution >= 0.6 is 11.8 Å². The smallest absolute Gasteiger partial charge is 0.274 e. The van der Waals surface area contributed by atoms with E-state index in [1.807, 2.05) is 6.92 Å². The van der Waals surface area contributed by atoms with Crippen LogP contribution in [0, 0.1) is 29.4 Å². The fourth-order valence-electron chi connectivity index (χ4n) is 1.63. The summed E-state index contributed by atoms with van der Waals surface area (Å²) in [5.74, 6) is 4.60. The van der Waals surface area contributed by atoms with Crippen molar-refractivity contribution in [3.05, 3.63) is 39.9 Å². The first-order chi connectivity index (χ1) is 10.6. The average molecular weight is 323 g/mol. The molecule has 0 atom stereocenters. The first-order valence-electron chi connectivity index (χ1n) is 6.96. The van der Waals surface area contributed by atoms with Gasteiger partial charge in [0.05, 0.1) is 16.9 Å². The topological polar surface area (TPSA) is 95.9 Å². The summed E-state index contributed by atoms with van der Waals surface area (Å²) in [6.45, 7) is 3.23. The van der Waals surface area contributed by atoms with Crippen LogP contribution in [-0.4, -0.2) is 33.7 Å². The Kier molecular flexibility index (Phi) is 8.60. The van der Waals surface area contributed by atoms with E-state index < -0.39 is 4.92 Å². The lowest BCUT2D eigenvalue weighted by Gasteiger charge is -2.10. The molecule has 0 aliphatic carbocycles. The van der Waals surface area contributed by atoms with E-state index in [1.165, 1.54) is 0 Å². The molecule has 0 amide bonds. The second kappa shape index (κ2) is 10.6. The van der Waals surface area contributed by atoms with Gasteiger partial charge in [0.2, 0.25) is 0 Å². The number of aryl methyl sites for hydroxylation is 1. The Morgan fingerprint density at radius 1 is 1.59 bits per heavy atom. The molecule has 120 valence electrons. The van der Waals surface area contributed by atoms with Gasteiger partial charge < -0.3 is 15.6 Å². The normalized spacial score (nSPS) is 11.0. The number of hydrogen-bond donors (Lipinski definition) is 3. The van der Waals surface area contributed by atoms with Crippen molar-refractivity contribution in [2.75, 3.05) is 18.8 Å². The third-order valence-corrected chi connectivity index (χ3v) is 3.75. The summed E-state index contributed by atoms with van der Waals surface area (Å²) in [6, 6.07) is 0. The van der Waals surface area contributed by atoms with E-state index in [0.717, 1.165) is 35.5 Å². The van der Waals surface area contributed by atoms with E-state index in [2.05, 4.69) is 26.5 Å². The van der Waals surface area contributed by atoms with Crippen LogP contribution in [-0.2, 0) is 5.75 Å². The number of rotatable bonds is 11. The third kappa shape index (κ3) is 7.59. The maximum absolute atomic E-state index is 10.6.